The Labute approximate surface area is 169 Å². The Hall–Kier alpha value is -4.40. The van der Waals surface area contributed by atoms with Crippen LogP contribution in [0, 0.1) is 0 Å². The summed E-state index contributed by atoms with van der Waals surface area (Å²) in [5.41, 5.74) is 6.64. The van der Waals surface area contributed by atoms with E-state index in [1.54, 1.807) is 35.7 Å². The summed E-state index contributed by atoms with van der Waals surface area (Å²) in [5, 5.41) is 12.7. The van der Waals surface area contributed by atoms with Crippen LogP contribution in [0.25, 0.3) is 56.0 Å². The number of hydrogen-bond donors (Lipinski definition) is 2. The van der Waals surface area contributed by atoms with E-state index in [1.165, 1.54) is 0 Å². The highest BCUT2D eigenvalue weighted by molar-refractivity contribution is 5.96. The highest BCUT2D eigenvalue weighted by Gasteiger charge is 2.17. The molecule has 0 aliphatic rings. The van der Waals surface area contributed by atoms with Crippen molar-refractivity contribution in [3.63, 3.8) is 0 Å². The van der Waals surface area contributed by atoms with Gasteiger partial charge >= 0.3 is 0 Å². The van der Waals surface area contributed by atoms with Gasteiger partial charge in [0.15, 0.2) is 5.82 Å². The summed E-state index contributed by atoms with van der Waals surface area (Å²) in [6, 6.07) is 7.77. The third-order valence-electron chi connectivity index (χ3n) is 5.01. The van der Waals surface area contributed by atoms with Gasteiger partial charge in [-0.3, -0.25) is 24.7 Å². The Kier molecular flexibility index (Phi) is 3.48. The maximum absolute atomic E-state index is 4.83. The van der Waals surface area contributed by atoms with Crippen molar-refractivity contribution in [3.05, 3.63) is 61.4 Å². The minimum absolute atomic E-state index is 0.657. The van der Waals surface area contributed by atoms with E-state index in [2.05, 4.69) is 35.2 Å². The Balaban J connectivity index is 1.52. The zero-order valence-electron chi connectivity index (χ0n) is 15.9. The molecule has 144 valence electrons. The lowest BCUT2D eigenvalue weighted by molar-refractivity contribution is 0.768. The smallest absolute Gasteiger partial charge is 0.159 e. The molecule has 6 heterocycles. The summed E-state index contributed by atoms with van der Waals surface area (Å²) >= 11 is 0. The first-order valence-corrected chi connectivity index (χ1v) is 9.35. The second-order valence-corrected chi connectivity index (χ2v) is 6.97. The van der Waals surface area contributed by atoms with E-state index in [1.807, 2.05) is 37.5 Å². The average molecular weight is 393 g/mol. The molecule has 9 heteroatoms. The summed E-state index contributed by atoms with van der Waals surface area (Å²) in [5.74, 6) is 0.657. The van der Waals surface area contributed by atoms with Crippen LogP contribution in [-0.2, 0) is 7.05 Å². The molecule has 0 radical (unpaired) electrons. The number of aromatic nitrogens is 9. The van der Waals surface area contributed by atoms with Gasteiger partial charge in [0.25, 0.3) is 0 Å². The fraction of sp³-hybridized carbons (Fsp3) is 0.0476. The molecule has 0 aliphatic carbocycles. The molecule has 0 unspecified atom stereocenters. The molecule has 0 saturated carbocycles. The van der Waals surface area contributed by atoms with Crippen molar-refractivity contribution in [3.8, 4) is 34.0 Å². The average Bonchev–Trinajstić information content (AvgIpc) is 3.50. The SMILES string of the molecule is Cn1cc(-c2cc3c(-c4nc5c(-c6ccccn6)cncc5[nH]4)n[nH]c3cn2)cn1. The van der Waals surface area contributed by atoms with Crippen molar-refractivity contribution >= 4 is 21.9 Å². The summed E-state index contributed by atoms with van der Waals surface area (Å²) in [6.07, 6.45) is 10.8. The molecule has 9 nitrogen and oxygen atoms in total. The second-order valence-electron chi connectivity index (χ2n) is 6.97. The number of hydrogen-bond acceptors (Lipinski definition) is 6. The first kappa shape index (κ1) is 16.5. The van der Waals surface area contributed by atoms with Crippen LogP contribution in [0.3, 0.4) is 0 Å². The fourth-order valence-corrected chi connectivity index (χ4v) is 3.56. The number of nitrogens with one attached hydrogen (secondary N) is 2. The van der Waals surface area contributed by atoms with Gasteiger partial charge in [-0.25, -0.2) is 4.98 Å². The molecule has 0 bridgehead atoms. The summed E-state index contributed by atoms with van der Waals surface area (Å²) in [6.45, 7) is 0. The number of pyridine rings is 3. The van der Waals surface area contributed by atoms with E-state index in [-0.39, 0.29) is 0 Å². The maximum atomic E-state index is 4.83. The van der Waals surface area contributed by atoms with Crippen molar-refractivity contribution < 1.29 is 0 Å². The van der Waals surface area contributed by atoms with Gasteiger partial charge in [0.1, 0.15) is 11.2 Å². The van der Waals surface area contributed by atoms with Gasteiger partial charge < -0.3 is 4.98 Å². The van der Waals surface area contributed by atoms with E-state index >= 15 is 0 Å². The molecule has 6 rings (SSSR count). The third-order valence-corrected chi connectivity index (χ3v) is 5.01. The second kappa shape index (κ2) is 6.31. The Morgan fingerprint density at radius 1 is 0.967 bits per heavy atom. The van der Waals surface area contributed by atoms with Crippen LogP contribution in [0.1, 0.15) is 0 Å². The number of aryl methyl sites for hydroxylation is 1. The van der Waals surface area contributed by atoms with Crippen LogP contribution in [0.4, 0.5) is 0 Å². The quantitative estimate of drug-likeness (QED) is 0.477. The number of nitrogens with zero attached hydrogens (tertiary/aromatic N) is 7. The largest absolute Gasteiger partial charge is 0.335 e. The zero-order chi connectivity index (χ0) is 20.1. The van der Waals surface area contributed by atoms with Gasteiger partial charge in [0.05, 0.1) is 41.0 Å². The van der Waals surface area contributed by atoms with Gasteiger partial charge in [-0.2, -0.15) is 10.2 Å². The molecule has 0 aromatic carbocycles. The normalized spacial score (nSPS) is 11.5. The van der Waals surface area contributed by atoms with Crippen LogP contribution in [0.2, 0.25) is 0 Å². The van der Waals surface area contributed by atoms with Crippen molar-refractivity contribution in [2.24, 2.45) is 7.05 Å². The lowest BCUT2D eigenvalue weighted by Crippen LogP contribution is -1.86. The molecular weight excluding hydrogens is 378 g/mol. The molecule has 6 aromatic heterocycles. The summed E-state index contributed by atoms with van der Waals surface area (Å²) in [7, 11) is 1.88. The molecule has 0 spiro atoms. The molecule has 0 saturated heterocycles. The van der Waals surface area contributed by atoms with Crippen LogP contribution < -0.4 is 0 Å². The molecule has 2 N–H and O–H groups in total. The van der Waals surface area contributed by atoms with E-state index < -0.39 is 0 Å². The van der Waals surface area contributed by atoms with Crippen LogP contribution in [0.15, 0.2) is 61.4 Å². The van der Waals surface area contributed by atoms with E-state index in [0.717, 1.165) is 50.1 Å². The van der Waals surface area contributed by atoms with Gasteiger partial charge in [0, 0.05) is 42.2 Å². The number of aromatic amines is 2. The zero-order valence-corrected chi connectivity index (χ0v) is 15.9. The highest BCUT2D eigenvalue weighted by atomic mass is 15.2. The van der Waals surface area contributed by atoms with E-state index in [4.69, 9.17) is 4.98 Å². The highest BCUT2D eigenvalue weighted by Crippen LogP contribution is 2.31. The molecular formula is C21H15N9. The van der Waals surface area contributed by atoms with Crippen molar-refractivity contribution in [1.29, 1.82) is 0 Å². The number of fused-ring (bicyclic) bond motifs is 2. The first-order valence-electron chi connectivity index (χ1n) is 9.35. The lowest BCUT2D eigenvalue weighted by atomic mass is 10.1. The summed E-state index contributed by atoms with van der Waals surface area (Å²) in [4.78, 5) is 21.5. The van der Waals surface area contributed by atoms with Gasteiger partial charge in [-0.05, 0) is 18.2 Å². The first-order chi connectivity index (χ1) is 14.8. The predicted molar refractivity (Wildman–Crippen MR) is 112 cm³/mol. The number of H-pyrrole nitrogens is 2. The van der Waals surface area contributed by atoms with Crippen molar-refractivity contribution in [1.82, 2.24) is 44.9 Å². The topological polar surface area (TPSA) is 114 Å². The Morgan fingerprint density at radius 3 is 2.77 bits per heavy atom. The van der Waals surface area contributed by atoms with Crippen molar-refractivity contribution in [2.45, 2.75) is 0 Å². The third kappa shape index (κ3) is 2.56. The van der Waals surface area contributed by atoms with Gasteiger partial charge in [-0.1, -0.05) is 6.07 Å². The van der Waals surface area contributed by atoms with Gasteiger partial charge in [-0.15, -0.1) is 0 Å². The Bertz CT molecular complexity index is 1510. The summed E-state index contributed by atoms with van der Waals surface area (Å²) < 4.78 is 1.75. The monoisotopic (exact) mass is 393 g/mol. The maximum Gasteiger partial charge on any atom is 0.159 e. The van der Waals surface area contributed by atoms with Gasteiger partial charge in [0.2, 0.25) is 0 Å². The van der Waals surface area contributed by atoms with Crippen LogP contribution in [-0.4, -0.2) is 44.9 Å². The molecule has 0 atom stereocenters. The number of rotatable bonds is 3. The molecule has 30 heavy (non-hydrogen) atoms. The lowest BCUT2D eigenvalue weighted by Gasteiger charge is -1.99. The molecule has 6 aromatic rings. The standard InChI is InChI=1S/C21H15N9/c1-30-11-12(7-25-30)16-6-13-17(10-24-16)28-29-20(13)21-26-18-9-22-8-14(19(18)27-21)15-4-2-3-5-23-15/h2-11H,1H3,(H,26,27)(H,28,29). The van der Waals surface area contributed by atoms with Crippen LogP contribution in [0.5, 0.6) is 0 Å². The fourth-order valence-electron chi connectivity index (χ4n) is 3.56. The molecule has 0 amide bonds. The van der Waals surface area contributed by atoms with E-state index in [0.29, 0.717) is 5.82 Å². The number of imidazole rings is 1. The molecule has 0 fully saturated rings. The predicted octanol–water partition coefficient (Wildman–Crippen LogP) is 3.36. The minimum atomic E-state index is 0.657. The van der Waals surface area contributed by atoms with Crippen molar-refractivity contribution in [2.75, 3.05) is 0 Å². The minimum Gasteiger partial charge on any atom is -0.335 e. The molecule has 0 aliphatic heterocycles. The van der Waals surface area contributed by atoms with Crippen LogP contribution >= 0.6 is 0 Å². The van der Waals surface area contributed by atoms with E-state index in [9.17, 15) is 0 Å². The Morgan fingerprint density at radius 2 is 1.93 bits per heavy atom.